The molecule has 0 saturated carbocycles. The van der Waals surface area contributed by atoms with Crippen LogP contribution in [0.2, 0.25) is 0 Å². The Morgan fingerprint density at radius 3 is 2.90 bits per heavy atom. The van der Waals surface area contributed by atoms with E-state index in [1.807, 2.05) is 22.6 Å². The molecule has 1 saturated heterocycles. The SMILES string of the molecule is CCCC(CC(=O)N1CCC(C(C)O)C1)n1ccnc1. The van der Waals surface area contributed by atoms with E-state index in [4.69, 9.17) is 0 Å². The van der Waals surface area contributed by atoms with Crippen LogP contribution in [0.4, 0.5) is 0 Å². The molecule has 0 bridgehead atoms. The van der Waals surface area contributed by atoms with E-state index >= 15 is 0 Å². The van der Waals surface area contributed by atoms with Gasteiger partial charge in [-0.25, -0.2) is 4.98 Å². The Morgan fingerprint density at radius 2 is 2.35 bits per heavy atom. The van der Waals surface area contributed by atoms with Gasteiger partial charge < -0.3 is 14.6 Å². The molecule has 5 heteroatoms. The van der Waals surface area contributed by atoms with Crippen LogP contribution in [0.25, 0.3) is 0 Å². The first kappa shape index (κ1) is 15.0. The summed E-state index contributed by atoms with van der Waals surface area (Å²) in [6.45, 7) is 5.41. The maximum atomic E-state index is 12.4. The minimum absolute atomic E-state index is 0.195. The number of aliphatic hydroxyl groups excluding tert-OH is 1. The monoisotopic (exact) mass is 279 g/mol. The van der Waals surface area contributed by atoms with Crippen LogP contribution >= 0.6 is 0 Å². The molecule has 3 unspecified atom stereocenters. The van der Waals surface area contributed by atoms with Crippen molar-refractivity contribution >= 4 is 5.91 Å². The molecule has 0 aromatic carbocycles. The van der Waals surface area contributed by atoms with E-state index in [2.05, 4.69) is 11.9 Å². The highest BCUT2D eigenvalue weighted by Gasteiger charge is 2.30. The van der Waals surface area contributed by atoms with Crippen molar-refractivity contribution in [3.63, 3.8) is 0 Å². The van der Waals surface area contributed by atoms with Gasteiger partial charge in [0.1, 0.15) is 0 Å². The summed E-state index contributed by atoms with van der Waals surface area (Å²) in [5.74, 6) is 0.428. The Bertz CT molecular complexity index is 417. The van der Waals surface area contributed by atoms with Crippen LogP contribution in [0, 0.1) is 5.92 Å². The van der Waals surface area contributed by atoms with Crippen molar-refractivity contribution in [2.24, 2.45) is 5.92 Å². The van der Waals surface area contributed by atoms with Gasteiger partial charge in [-0.15, -0.1) is 0 Å². The second kappa shape index (κ2) is 6.88. The first-order chi connectivity index (χ1) is 9.61. The van der Waals surface area contributed by atoms with Crippen LogP contribution in [-0.4, -0.2) is 44.7 Å². The quantitative estimate of drug-likeness (QED) is 0.864. The average molecular weight is 279 g/mol. The predicted molar refractivity (Wildman–Crippen MR) is 77.2 cm³/mol. The number of carbonyl (C=O) groups excluding carboxylic acids is 1. The van der Waals surface area contributed by atoms with Crippen molar-refractivity contribution in [3.8, 4) is 0 Å². The third-order valence-corrected chi connectivity index (χ3v) is 4.24. The van der Waals surface area contributed by atoms with Gasteiger partial charge in [0.15, 0.2) is 0 Å². The molecule has 2 rings (SSSR count). The molecule has 2 heterocycles. The number of imidazole rings is 1. The van der Waals surface area contributed by atoms with Crippen LogP contribution in [0.1, 0.15) is 45.6 Å². The molecule has 1 aliphatic rings. The van der Waals surface area contributed by atoms with Crippen LogP contribution in [0.3, 0.4) is 0 Å². The molecular formula is C15H25N3O2. The first-order valence-corrected chi connectivity index (χ1v) is 7.55. The second-order valence-corrected chi connectivity index (χ2v) is 5.79. The van der Waals surface area contributed by atoms with Crippen molar-refractivity contribution < 1.29 is 9.90 Å². The Labute approximate surface area is 120 Å². The largest absolute Gasteiger partial charge is 0.393 e. The molecule has 1 aromatic rings. The number of amides is 1. The lowest BCUT2D eigenvalue weighted by molar-refractivity contribution is -0.131. The fourth-order valence-electron chi connectivity index (χ4n) is 2.91. The highest BCUT2D eigenvalue weighted by atomic mass is 16.3. The third-order valence-electron chi connectivity index (χ3n) is 4.24. The molecule has 1 aromatic heterocycles. The molecule has 0 radical (unpaired) electrons. The molecule has 3 atom stereocenters. The number of aliphatic hydroxyl groups is 1. The summed E-state index contributed by atoms with van der Waals surface area (Å²) < 4.78 is 2.03. The number of nitrogens with zero attached hydrogens (tertiary/aromatic N) is 3. The van der Waals surface area contributed by atoms with Crippen molar-refractivity contribution in [3.05, 3.63) is 18.7 Å². The van der Waals surface area contributed by atoms with Crippen LogP contribution in [0.5, 0.6) is 0 Å². The van der Waals surface area contributed by atoms with Crippen LogP contribution in [0.15, 0.2) is 18.7 Å². The van der Waals surface area contributed by atoms with Gasteiger partial charge in [0.2, 0.25) is 5.91 Å². The van der Waals surface area contributed by atoms with Crippen LogP contribution < -0.4 is 0 Å². The summed E-state index contributed by atoms with van der Waals surface area (Å²) in [6, 6.07) is 0.195. The molecular weight excluding hydrogens is 254 g/mol. The van der Waals surface area contributed by atoms with Gasteiger partial charge in [-0.2, -0.15) is 0 Å². The zero-order chi connectivity index (χ0) is 14.5. The molecule has 0 aliphatic carbocycles. The molecule has 112 valence electrons. The number of carbonyl (C=O) groups is 1. The second-order valence-electron chi connectivity index (χ2n) is 5.79. The Balaban J connectivity index is 1.92. The molecule has 1 fully saturated rings. The van der Waals surface area contributed by atoms with Crippen molar-refractivity contribution in [1.29, 1.82) is 0 Å². The molecule has 1 N–H and O–H groups in total. The lowest BCUT2D eigenvalue weighted by atomic mass is 10.0. The number of hydrogen-bond donors (Lipinski definition) is 1. The van der Waals surface area contributed by atoms with Gasteiger partial charge in [0.05, 0.1) is 12.4 Å². The smallest absolute Gasteiger partial charge is 0.224 e. The van der Waals surface area contributed by atoms with Crippen LogP contribution in [-0.2, 0) is 4.79 Å². The lowest BCUT2D eigenvalue weighted by Crippen LogP contribution is -2.32. The highest BCUT2D eigenvalue weighted by Crippen LogP contribution is 2.24. The van der Waals surface area contributed by atoms with E-state index in [0.717, 1.165) is 25.8 Å². The van der Waals surface area contributed by atoms with E-state index in [1.54, 1.807) is 12.5 Å². The topological polar surface area (TPSA) is 58.4 Å². The van der Waals surface area contributed by atoms with Gasteiger partial charge in [-0.1, -0.05) is 13.3 Å². The summed E-state index contributed by atoms with van der Waals surface area (Å²) in [5.41, 5.74) is 0. The van der Waals surface area contributed by atoms with E-state index in [9.17, 15) is 9.90 Å². The fraction of sp³-hybridized carbons (Fsp3) is 0.733. The third kappa shape index (κ3) is 3.60. The average Bonchev–Trinajstić information content (AvgIpc) is 3.09. The van der Waals surface area contributed by atoms with E-state index in [1.165, 1.54) is 0 Å². The molecule has 5 nitrogen and oxygen atoms in total. The molecule has 1 amide bonds. The standard InChI is InChI=1S/C15H25N3O2/c1-3-4-14(18-8-6-16-11-18)9-15(20)17-7-5-13(10-17)12(2)19/h6,8,11-14,19H,3-5,7,9-10H2,1-2H3. The zero-order valence-electron chi connectivity index (χ0n) is 12.4. The Hall–Kier alpha value is -1.36. The normalized spacial score (nSPS) is 21.9. The van der Waals surface area contributed by atoms with Gasteiger partial charge in [-0.05, 0) is 19.8 Å². The van der Waals surface area contributed by atoms with E-state index < -0.39 is 0 Å². The van der Waals surface area contributed by atoms with Gasteiger partial charge >= 0.3 is 0 Å². The highest BCUT2D eigenvalue weighted by molar-refractivity contribution is 5.77. The van der Waals surface area contributed by atoms with Gasteiger partial charge in [0, 0.05) is 43.9 Å². The minimum atomic E-state index is -0.326. The van der Waals surface area contributed by atoms with E-state index in [0.29, 0.717) is 13.0 Å². The molecule has 1 aliphatic heterocycles. The summed E-state index contributed by atoms with van der Waals surface area (Å²) in [7, 11) is 0. The molecule has 20 heavy (non-hydrogen) atoms. The van der Waals surface area contributed by atoms with Crippen molar-refractivity contribution in [1.82, 2.24) is 14.5 Å². The Morgan fingerprint density at radius 1 is 1.55 bits per heavy atom. The Kier molecular flexibility index (Phi) is 5.17. The first-order valence-electron chi connectivity index (χ1n) is 7.55. The van der Waals surface area contributed by atoms with Crippen molar-refractivity contribution in [2.75, 3.05) is 13.1 Å². The number of aromatic nitrogens is 2. The zero-order valence-corrected chi connectivity index (χ0v) is 12.4. The summed E-state index contributed by atoms with van der Waals surface area (Å²) in [4.78, 5) is 18.4. The fourth-order valence-corrected chi connectivity index (χ4v) is 2.91. The van der Waals surface area contributed by atoms with Crippen molar-refractivity contribution in [2.45, 2.75) is 51.7 Å². The van der Waals surface area contributed by atoms with Gasteiger partial charge in [0.25, 0.3) is 0 Å². The number of hydrogen-bond acceptors (Lipinski definition) is 3. The number of likely N-dealkylation sites (tertiary alicyclic amines) is 1. The summed E-state index contributed by atoms with van der Waals surface area (Å²) >= 11 is 0. The maximum absolute atomic E-state index is 12.4. The van der Waals surface area contributed by atoms with E-state index in [-0.39, 0.29) is 24.0 Å². The minimum Gasteiger partial charge on any atom is -0.393 e. The number of rotatable bonds is 6. The maximum Gasteiger partial charge on any atom is 0.224 e. The predicted octanol–water partition coefficient (Wildman–Crippen LogP) is 1.84. The van der Waals surface area contributed by atoms with Gasteiger partial charge in [-0.3, -0.25) is 4.79 Å². The molecule has 0 spiro atoms. The summed E-state index contributed by atoms with van der Waals surface area (Å²) in [5, 5.41) is 9.62. The summed E-state index contributed by atoms with van der Waals surface area (Å²) in [6.07, 6.45) is 8.61. The lowest BCUT2D eigenvalue weighted by Gasteiger charge is -2.22.